The van der Waals surface area contributed by atoms with Gasteiger partial charge in [0.25, 0.3) is 0 Å². The Morgan fingerprint density at radius 1 is 1.26 bits per heavy atom. The first kappa shape index (κ1) is 16.2. The highest BCUT2D eigenvalue weighted by Crippen LogP contribution is 2.27. The van der Waals surface area contributed by atoms with Crippen molar-refractivity contribution in [2.45, 2.75) is 45.6 Å². The topological polar surface area (TPSA) is 41.0 Å². The first-order valence-electron chi connectivity index (χ1n) is 8.30. The van der Waals surface area contributed by atoms with Crippen LogP contribution in [0.3, 0.4) is 0 Å². The molecule has 0 saturated carbocycles. The number of aromatic nitrogens is 2. The number of nitrogens with zero attached hydrogens (tertiary/aromatic N) is 3. The zero-order valence-electron chi connectivity index (χ0n) is 13.7. The molecule has 1 fully saturated rings. The number of aryl methyl sites for hydroxylation is 1. The summed E-state index contributed by atoms with van der Waals surface area (Å²) < 4.78 is 1.05. The highest BCUT2D eigenvalue weighted by atomic mass is 79.9. The highest BCUT2D eigenvalue weighted by molar-refractivity contribution is 9.10. The monoisotopic (exact) mass is 374 g/mol. The van der Waals surface area contributed by atoms with E-state index in [2.05, 4.69) is 49.1 Å². The Hall–Kier alpha value is -1.62. The third kappa shape index (κ3) is 4.02. The molecule has 0 radical (unpaired) electrons. The van der Waals surface area contributed by atoms with Gasteiger partial charge < -0.3 is 10.2 Å². The van der Waals surface area contributed by atoms with Crippen LogP contribution < -0.4 is 10.2 Å². The maximum absolute atomic E-state index is 4.68. The van der Waals surface area contributed by atoms with Gasteiger partial charge in [-0.1, -0.05) is 28.9 Å². The minimum atomic E-state index is 0.594. The molecule has 4 nitrogen and oxygen atoms in total. The fraction of sp³-hybridized carbons (Fsp3) is 0.444. The van der Waals surface area contributed by atoms with Gasteiger partial charge in [-0.25, -0.2) is 9.97 Å². The first-order chi connectivity index (χ1) is 11.2. The number of nitrogens with one attached hydrogen (secondary N) is 1. The van der Waals surface area contributed by atoms with Crippen LogP contribution in [-0.2, 0) is 0 Å². The van der Waals surface area contributed by atoms with Crippen LogP contribution in [0.2, 0.25) is 0 Å². The number of hydrogen-bond acceptors (Lipinski definition) is 4. The van der Waals surface area contributed by atoms with Crippen molar-refractivity contribution in [3.8, 4) is 0 Å². The van der Waals surface area contributed by atoms with E-state index in [1.807, 2.05) is 31.2 Å². The van der Waals surface area contributed by atoms with Crippen molar-refractivity contribution in [1.29, 1.82) is 0 Å². The average molecular weight is 375 g/mol. The molecule has 0 spiro atoms. The van der Waals surface area contributed by atoms with Crippen LogP contribution in [0.15, 0.2) is 34.8 Å². The number of hydrogen-bond donors (Lipinski definition) is 1. The van der Waals surface area contributed by atoms with E-state index in [1.54, 1.807) is 0 Å². The van der Waals surface area contributed by atoms with Gasteiger partial charge in [0.15, 0.2) is 0 Å². The molecule has 0 amide bonds. The lowest BCUT2D eigenvalue weighted by Crippen LogP contribution is -2.39. The number of halogens is 1. The fourth-order valence-electron chi connectivity index (χ4n) is 3.20. The summed E-state index contributed by atoms with van der Waals surface area (Å²) in [6, 6.07) is 10.8. The molecule has 2 aromatic rings. The lowest BCUT2D eigenvalue weighted by molar-refractivity contribution is 0.446. The Morgan fingerprint density at radius 2 is 2.13 bits per heavy atom. The molecule has 2 heterocycles. The van der Waals surface area contributed by atoms with E-state index in [1.165, 1.54) is 19.3 Å². The summed E-state index contributed by atoms with van der Waals surface area (Å²) >= 11 is 3.50. The molecule has 3 rings (SSSR count). The maximum atomic E-state index is 4.68. The largest absolute Gasteiger partial charge is 0.353 e. The number of benzene rings is 1. The predicted octanol–water partition coefficient (Wildman–Crippen LogP) is 5.06. The van der Waals surface area contributed by atoms with Gasteiger partial charge in [-0.05, 0) is 50.8 Å². The van der Waals surface area contributed by atoms with Gasteiger partial charge in [-0.2, -0.15) is 0 Å². The number of rotatable bonds is 4. The van der Waals surface area contributed by atoms with Crippen molar-refractivity contribution in [2.75, 3.05) is 16.8 Å². The normalized spacial score (nSPS) is 18.0. The summed E-state index contributed by atoms with van der Waals surface area (Å²) in [6.07, 6.45) is 4.99. The van der Waals surface area contributed by atoms with E-state index in [-0.39, 0.29) is 0 Å². The Morgan fingerprint density at radius 3 is 2.91 bits per heavy atom. The third-order valence-corrected chi connectivity index (χ3v) is 4.81. The maximum Gasteiger partial charge on any atom is 0.136 e. The number of piperidine rings is 1. The molecule has 122 valence electrons. The second-order valence-corrected chi connectivity index (χ2v) is 6.96. The average Bonchev–Trinajstić information content (AvgIpc) is 2.54. The van der Waals surface area contributed by atoms with Crippen molar-refractivity contribution < 1.29 is 0 Å². The SMILES string of the molecule is CCC1CCCCN1c1cc(Nc2cccc(Br)c2)nc(C)n1. The molecule has 1 unspecified atom stereocenters. The predicted molar refractivity (Wildman–Crippen MR) is 99.5 cm³/mol. The van der Waals surface area contributed by atoms with Crippen molar-refractivity contribution in [3.63, 3.8) is 0 Å². The van der Waals surface area contributed by atoms with Gasteiger partial charge >= 0.3 is 0 Å². The van der Waals surface area contributed by atoms with E-state index in [4.69, 9.17) is 0 Å². The van der Waals surface area contributed by atoms with Gasteiger partial charge in [-0.15, -0.1) is 0 Å². The van der Waals surface area contributed by atoms with Crippen LogP contribution in [0.25, 0.3) is 0 Å². The zero-order valence-corrected chi connectivity index (χ0v) is 15.3. The van der Waals surface area contributed by atoms with Crippen LogP contribution in [0.5, 0.6) is 0 Å². The van der Waals surface area contributed by atoms with Gasteiger partial charge in [0.05, 0.1) is 0 Å². The van der Waals surface area contributed by atoms with Crippen molar-refractivity contribution in [1.82, 2.24) is 9.97 Å². The summed E-state index contributed by atoms with van der Waals surface area (Å²) in [5.41, 5.74) is 1.02. The zero-order chi connectivity index (χ0) is 16.2. The molecule has 1 aromatic heterocycles. The van der Waals surface area contributed by atoms with Crippen LogP contribution >= 0.6 is 15.9 Å². The summed E-state index contributed by atoms with van der Waals surface area (Å²) in [5, 5.41) is 3.39. The van der Waals surface area contributed by atoms with Crippen LogP contribution in [0, 0.1) is 6.92 Å². The smallest absolute Gasteiger partial charge is 0.136 e. The summed E-state index contributed by atoms with van der Waals surface area (Å²) in [5.74, 6) is 2.70. The molecule has 5 heteroatoms. The second kappa shape index (κ2) is 7.30. The van der Waals surface area contributed by atoms with Crippen LogP contribution in [0.1, 0.15) is 38.4 Å². The van der Waals surface area contributed by atoms with E-state index >= 15 is 0 Å². The Balaban J connectivity index is 1.86. The van der Waals surface area contributed by atoms with Crippen molar-refractivity contribution in [2.24, 2.45) is 0 Å². The van der Waals surface area contributed by atoms with Gasteiger partial charge in [0.1, 0.15) is 17.5 Å². The molecule has 1 aliphatic heterocycles. The summed E-state index contributed by atoms with van der Waals surface area (Å²) in [7, 11) is 0. The Labute approximate surface area is 146 Å². The third-order valence-electron chi connectivity index (χ3n) is 4.31. The quantitative estimate of drug-likeness (QED) is 0.811. The fourth-order valence-corrected chi connectivity index (χ4v) is 3.60. The number of anilines is 3. The lowest BCUT2D eigenvalue weighted by atomic mass is 10.00. The molecule has 0 aliphatic carbocycles. The summed E-state index contributed by atoms with van der Waals surface area (Å²) in [4.78, 5) is 11.7. The lowest BCUT2D eigenvalue weighted by Gasteiger charge is -2.36. The second-order valence-electron chi connectivity index (χ2n) is 6.05. The molecule has 1 N–H and O–H groups in total. The van der Waals surface area contributed by atoms with Gasteiger partial charge in [0.2, 0.25) is 0 Å². The Kier molecular flexibility index (Phi) is 5.16. The molecule has 1 aromatic carbocycles. The van der Waals surface area contributed by atoms with E-state index < -0.39 is 0 Å². The van der Waals surface area contributed by atoms with Crippen molar-refractivity contribution >= 4 is 33.3 Å². The highest BCUT2D eigenvalue weighted by Gasteiger charge is 2.22. The van der Waals surface area contributed by atoms with E-state index in [9.17, 15) is 0 Å². The minimum Gasteiger partial charge on any atom is -0.353 e. The van der Waals surface area contributed by atoms with Gasteiger partial charge in [0, 0.05) is 28.8 Å². The molecule has 1 atom stereocenters. The minimum absolute atomic E-state index is 0.594. The van der Waals surface area contributed by atoms with Crippen LogP contribution in [-0.4, -0.2) is 22.6 Å². The van der Waals surface area contributed by atoms with Crippen molar-refractivity contribution in [3.05, 3.63) is 40.6 Å². The van der Waals surface area contributed by atoms with E-state index in [0.29, 0.717) is 6.04 Å². The molecule has 0 bridgehead atoms. The van der Waals surface area contributed by atoms with Crippen LogP contribution in [0.4, 0.5) is 17.3 Å². The Bertz CT molecular complexity index is 674. The first-order valence-corrected chi connectivity index (χ1v) is 9.10. The molecular weight excluding hydrogens is 352 g/mol. The summed E-state index contributed by atoms with van der Waals surface area (Å²) in [6.45, 7) is 5.31. The van der Waals surface area contributed by atoms with E-state index in [0.717, 1.165) is 40.6 Å². The molecule has 23 heavy (non-hydrogen) atoms. The molecule has 1 saturated heterocycles. The standard InChI is InChI=1S/C18H23BrN4/c1-3-16-9-4-5-10-23(16)18-12-17(20-13(2)21-18)22-15-8-6-7-14(19)11-15/h6-8,11-12,16H,3-5,9-10H2,1-2H3,(H,20,21,22). The molecule has 1 aliphatic rings. The molecular formula is C18H23BrN4. The van der Waals surface area contributed by atoms with Gasteiger partial charge in [-0.3, -0.25) is 0 Å².